The van der Waals surface area contributed by atoms with Crippen molar-refractivity contribution >= 4 is 9.84 Å². The van der Waals surface area contributed by atoms with Crippen molar-refractivity contribution in [1.82, 2.24) is 10.1 Å². The van der Waals surface area contributed by atoms with Crippen molar-refractivity contribution in [3.05, 3.63) is 11.7 Å². The molecule has 0 spiro atoms. The van der Waals surface area contributed by atoms with E-state index in [1.807, 2.05) is 6.92 Å². The van der Waals surface area contributed by atoms with Crippen molar-refractivity contribution in [2.24, 2.45) is 5.73 Å². The van der Waals surface area contributed by atoms with E-state index in [0.29, 0.717) is 5.89 Å². The predicted molar refractivity (Wildman–Crippen MR) is 66.6 cm³/mol. The van der Waals surface area contributed by atoms with Crippen molar-refractivity contribution in [2.75, 3.05) is 6.26 Å². The van der Waals surface area contributed by atoms with E-state index < -0.39 is 9.84 Å². The van der Waals surface area contributed by atoms with Crippen molar-refractivity contribution in [2.45, 2.75) is 49.8 Å². The molecule has 0 saturated heterocycles. The fourth-order valence-corrected chi connectivity index (χ4v) is 2.99. The Hall–Kier alpha value is -0.950. The maximum absolute atomic E-state index is 11.2. The lowest BCUT2D eigenvalue weighted by Crippen LogP contribution is -2.45. The van der Waals surface area contributed by atoms with E-state index in [4.69, 9.17) is 10.3 Å². The molecular weight excluding hydrogens is 254 g/mol. The summed E-state index contributed by atoms with van der Waals surface area (Å²) in [5, 5.41) is 3.74. The Bertz CT molecular complexity index is 525. The molecule has 1 aromatic rings. The second-order valence-electron chi connectivity index (χ2n) is 5.36. The number of nitrogens with two attached hydrogens (primary N) is 1. The number of rotatable bonds is 3. The fraction of sp³-hybridized carbons (Fsp3) is 0.818. The van der Waals surface area contributed by atoms with E-state index in [0.717, 1.165) is 31.9 Å². The van der Waals surface area contributed by atoms with E-state index in [1.54, 1.807) is 0 Å². The Labute approximate surface area is 107 Å². The summed E-state index contributed by atoms with van der Waals surface area (Å²) in [7, 11) is -3.14. The monoisotopic (exact) mass is 273 g/mol. The highest BCUT2D eigenvalue weighted by Gasteiger charge is 2.40. The Balaban J connectivity index is 2.23. The molecule has 2 unspecified atom stereocenters. The smallest absolute Gasteiger partial charge is 0.234 e. The minimum atomic E-state index is -3.14. The van der Waals surface area contributed by atoms with Crippen LogP contribution in [0.5, 0.6) is 0 Å². The van der Waals surface area contributed by atoms with Gasteiger partial charge in [-0.05, 0) is 19.8 Å². The van der Waals surface area contributed by atoms with Crippen LogP contribution in [0.2, 0.25) is 0 Å². The number of aromatic nitrogens is 2. The van der Waals surface area contributed by atoms with Gasteiger partial charge < -0.3 is 10.3 Å². The van der Waals surface area contributed by atoms with E-state index in [1.165, 1.54) is 0 Å². The molecule has 0 aromatic carbocycles. The molecule has 18 heavy (non-hydrogen) atoms. The van der Waals surface area contributed by atoms with Crippen LogP contribution in [0.3, 0.4) is 0 Å². The molecule has 1 aliphatic carbocycles. The van der Waals surface area contributed by atoms with Crippen molar-refractivity contribution in [1.29, 1.82) is 0 Å². The van der Waals surface area contributed by atoms with Gasteiger partial charge in [0.15, 0.2) is 15.7 Å². The zero-order chi connectivity index (χ0) is 13.4. The molecule has 2 rings (SSSR count). The number of nitrogens with zero attached hydrogens (tertiary/aromatic N) is 2. The number of sulfone groups is 1. The van der Waals surface area contributed by atoms with Gasteiger partial charge in [-0.1, -0.05) is 18.0 Å². The molecule has 1 fully saturated rings. The van der Waals surface area contributed by atoms with Gasteiger partial charge in [0.2, 0.25) is 5.89 Å². The third-order valence-corrected chi connectivity index (χ3v) is 4.41. The summed E-state index contributed by atoms with van der Waals surface area (Å²) in [6.45, 7) is 2.01. The van der Waals surface area contributed by atoms with E-state index in [2.05, 4.69) is 10.1 Å². The average molecular weight is 273 g/mol. The number of hydrogen-bond donors (Lipinski definition) is 1. The second-order valence-corrected chi connectivity index (χ2v) is 7.50. The molecule has 0 bridgehead atoms. The third kappa shape index (κ3) is 2.72. The van der Waals surface area contributed by atoms with E-state index >= 15 is 0 Å². The van der Waals surface area contributed by atoms with Gasteiger partial charge in [-0.25, -0.2) is 8.42 Å². The third-order valence-electron chi connectivity index (χ3n) is 3.63. The Kier molecular flexibility index (Phi) is 3.46. The largest absolute Gasteiger partial charge is 0.339 e. The summed E-state index contributed by atoms with van der Waals surface area (Å²) in [4.78, 5) is 4.20. The van der Waals surface area contributed by atoms with Crippen LogP contribution >= 0.6 is 0 Å². The highest BCUT2D eigenvalue weighted by molar-refractivity contribution is 7.89. The molecule has 1 heterocycles. The van der Waals surface area contributed by atoms with Gasteiger partial charge in [-0.15, -0.1) is 0 Å². The van der Waals surface area contributed by atoms with Crippen LogP contribution in [0.25, 0.3) is 0 Å². The predicted octanol–water partition coefficient (Wildman–Crippen LogP) is 0.773. The molecule has 0 amide bonds. The van der Waals surface area contributed by atoms with E-state index in [-0.39, 0.29) is 23.0 Å². The molecule has 7 heteroatoms. The maximum atomic E-state index is 11.2. The van der Waals surface area contributed by atoms with Crippen LogP contribution in [0.1, 0.15) is 44.3 Å². The highest BCUT2D eigenvalue weighted by Crippen LogP contribution is 2.37. The lowest BCUT2D eigenvalue weighted by atomic mass is 9.72. The second kappa shape index (κ2) is 4.62. The van der Waals surface area contributed by atoms with Gasteiger partial charge in [0.05, 0.1) is 5.41 Å². The first kappa shape index (κ1) is 13.5. The van der Waals surface area contributed by atoms with Crippen LogP contribution < -0.4 is 5.73 Å². The first-order valence-corrected chi connectivity index (χ1v) is 8.14. The topological polar surface area (TPSA) is 99.1 Å². The summed E-state index contributed by atoms with van der Waals surface area (Å²) in [6, 6.07) is -0.0159. The minimum absolute atomic E-state index is 0.0159. The van der Waals surface area contributed by atoms with Crippen molar-refractivity contribution in [3.63, 3.8) is 0 Å². The first-order chi connectivity index (χ1) is 8.31. The Morgan fingerprint density at radius 2 is 2.22 bits per heavy atom. The molecular formula is C11H19N3O3S. The van der Waals surface area contributed by atoms with Gasteiger partial charge >= 0.3 is 0 Å². The lowest BCUT2D eigenvalue weighted by molar-refractivity contribution is 0.203. The van der Waals surface area contributed by atoms with Gasteiger partial charge in [0.1, 0.15) is 5.75 Å². The maximum Gasteiger partial charge on any atom is 0.234 e. The fourth-order valence-electron chi connectivity index (χ4n) is 2.41. The minimum Gasteiger partial charge on any atom is -0.339 e. The van der Waals surface area contributed by atoms with Gasteiger partial charge in [-0.3, -0.25) is 0 Å². The van der Waals surface area contributed by atoms with Crippen LogP contribution in [0.4, 0.5) is 0 Å². The molecule has 6 nitrogen and oxygen atoms in total. The number of hydrogen-bond acceptors (Lipinski definition) is 6. The molecule has 2 N–H and O–H groups in total. The summed E-state index contributed by atoms with van der Waals surface area (Å²) in [5.74, 6) is 0.488. The summed E-state index contributed by atoms with van der Waals surface area (Å²) < 4.78 is 27.6. The lowest BCUT2D eigenvalue weighted by Gasteiger charge is -2.35. The van der Waals surface area contributed by atoms with Crippen LogP contribution in [-0.4, -0.2) is 30.9 Å². The van der Waals surface area contributed by atoms with Gasteiger partial charge in [-0.2, -0.15) is 4.98 Å². The summed E-state index contributed by atoms with van der Waals surface area (Å²) >= 11 is 0. The Morgan fingerprint density at radius 1 is 1.50 bits per heavy atom. The quantitative estimate of drug-likeness (QED) is 0.873. The first-order valence-electron chi connectivity index (χ1n) is 6.08. The molecule has 102 valence electrons. The normalized spacial score (nSPS) is 29.4. The van der Waals surface area contributed by atoms with Crippen molar-refractivity contribution in [3.8, 4) is 0 Å². The zero-order valence-electron chi connectivity index (χ0n) is 10.7. The van der Waals surface area contributed by atoms with E-state index in [9.17, 15) is 8.42 Å². The zero-order valence-corrected chi connectivity index (χ0v) is 11.5. The van der Waals surface area contributed by atoms with Crippen LogP contribution in [0, 0.1) is 0 Å². The average Bonchev–Trinajstić information content (AvgIpc) is 2.69. The van der Waals surface area contributed by atoms with Gasteiger partial charge in [0, 0.05) is 12.3 Å². The standard InChI is InChI=1S/C11H19N3O3S/c1-11(6-4-3-5-8(11)12)10-13-9(14-17-10)7-18(2,15)16/h8H,3-7,12H2,1-2H3. The SMILES string of the molecule is CC1(c2nc(CS(C)(=O)=O)no2)CCCCC1N. The molecule has 1 saturated carbocycles. The Morgan fingerprint density at radius 3 is 2.83 bits per heavy atom. The highest BCUT2D eigenvalue weighted by atomic mass is 32.2. The molecule has 2 atom stereocenters. The van der Waals surface area contributed by atoms with Crippen LogP contribution in [-0.2, 0) is 21.0 Å². The molecule has 1 aromatic heterocycles. The molecule has 1 aliphatic rings. The molecule has 0 aliphatic heterocycles. The summed E-state index contributed by atoms with van der Waals surface area (Å²) in [5.41, 5.74) is 5.80. The van der Waals surface area contributed by atoms with Gasteiger partial charge in [0.25, 0.3) is 0 Å². The molecule has 0 radical (unpaired) electrons. The summed E-state index contributed by atoms with van der Waals surface area (Å²) in [6.07, 6.45) is 5.17. The van der Waals surface area contributed by atoms with Crippen molar-refractivity contribution < 1.29 is 12.9 Å². The van der Waals surface area contributed by atoms with Crippen LogP contribution in [0.15, 0.2) is 4.52 Å².